The molecule has 0 atom stereocenters. The molecule has 0 aromatic heterocycles. The normalized spacial score (nSPS) is 10.9. The first kappa shape index (κ1) is 15.4. The molecular weight excluding hydrogens is 238 g/mol. The molecule has 3 nitrogen and oxygen atoms in total. The van der Waals surface area contributed by atoms with Crippen LogP contribution in [0.15, 0.2) is 30.3 Å². The highest BCUT2D eigenvalue weighted by Gasteiger charge is 2.08. The van der Waals surface area contributed by atoms with Crippen molar-refractivity contribution in [2.75, 3.05) is 13.1 Å². The predicted molar refractivity (Wildman–Crippen MR) is 78.6 cm³/mol. The van der Waals surface area contributed by atoms with Crippen LogP contribution in [-0.4, -0.2) is 29.0 Å². The third-order valence-corrected chi connectivity index (χ3v) is 2.93. The van der Waals surface area contributed by atoms with Crippen molar-refractivity contribution in [3.8, 4) is 0 Å². The van der Waals surface area contributed by atoms with Crippen molar-refractivity contribution in [1.82, 2.24) is 4.90 Å². The molecule has 0 heterocycles. The third-order valence-electron chi connectivity index (χ3n) is 2.93. The Hall–Kier alpha value is -1.61. The van der Waals surface area contributed by atoms with E-state index in [1.165, 1.54) is 0 Å². The van der Waals surface area contributed by atoms with Crippen LogP contribution in [0.2, 0.25) is 0 Å². The summed E-state index contributed by atoms with van der Waals surface area (Å²) in [5.41, 5.74) is 1.73. The Bertz CT molecular complexity index is 421. The summed E-state index contributed by atoms with van der Waals surface area (Å²) in [6, 6.07) is 7.55. The number of rotatable bonds is 7. The number of benzene rings is 1. The summed E-state index contributed by atoms with van der Waals surface area (Å²) in [6.07, 6.45) is 5.31. The van der Waals surface area contributed by atoms with Gasteiger partial charge in [-0.2, -0.15) is 0 Å². The molecule has 3 heteroatoms. The first-order valence-corrected chi connectivity index (χ1v) is 6.88. The zero-order valence-electron chi connectivity index (χ0n) is 11.8. The molecule has 0 saturated carbocycles. The zero-order chi connectivity index (χ0) is 14.1. The number of hydrogen-bond donors (Lipinski definition) is 1. The van der Waals surface area contributed by atoms with Gasteiger partial charge in [0.05, 0.1) is 6.61 Å². The Labute approximate surface area is 115 Å². The number of aliphatic hydroxyl groups is 1. The summed E-state index contributed by atoms with van der Waals surface area (Å²) in [7, 11) is 0. The van der Waals surface area contributed by atoms with Crippen LogP contribution >= 0.6 is 0 Å². The van der Waals surface area contributed by atoms with Gasteiger partial charge in [0.1, 0.15) is 0 Å². The van der Waals surface area contributed by atoms with Gasteiger partial charge >= 0.3 is 0 Å². The molecule has 1 aromatic rings. The van der Waals surface area contributed by atoms with Crippen LogP contribution in [0.25, 0.3) is 6.08 Å². The van der Waals surface area contributed by atoms with Crippen molar-refractivity contribution < 1.29 is 9.90 Å². The van der Waals surface area contributed by atoms with Crippen molar-refractivity contribution in [3.63, 3.8) is 0 Å². The fourth-order valence-electron chi connectivity index (χ4n) is 1.98. The van der Waals surface area contributed by atoms with E-state index in [9.17, 15) is 9.90 Å². The molecule has 0 aliphatic rings. The maximum atomic E-state index is 12.1. The Kier molecular flexibility index (Phi) is 6.90. The second-order valence-electron chi connectivity index (χ2n) is 4.52. The van der Waals surface area contributed by atoms with Crippen molar-refractivity contribution in [3.05, 3.63) is 41.5 Å². The van der Waals surface area contributed by atoms with Crippen LogP contribution < -0.4 is 0 Å². The summed E-state index contributed by atoms with van der Waals surface area (Å²) in [6.45, 7) is 5.71. The first-order valence-electron chi connectivity index (χ1n) is 6.88. The third kappa shape index (κ3) is 4.87. The Morgan fingerprint density at radius 1 is 1.21 bits per heavy atom. The van der Waals surface area contributed by atoms with Crippen LogP contribution in [0.3, 0.4) is 0 Å². The van der Waals surface area contributed by atoms with Gasteiger partial charge in [0.2, 0.25) is 5.91 Å². The average molecular weight is 261 g/mol. The molecule has 1 N–H and O–H groups in total. The van der Waals surface area contributed by atoms with E-state index in [0.29, 0.717) is 0 Å². The topological polar surface area (TPSA) is 40.5 Å². The minimum Gasteiger partial charge on any atom is -0.392 e. The lowest BCUT2D eigenvalue weighted by atomic mass is 10.1. The quantitative estimate of drug-likeness (QED) is 0.767. The molecule has 0 unspecified atom stereocenters. The van der Waals surface area contributed by atoms with Crippen LogP contribution in [-0.2, 0) is 11.4 Å². The molecule has 0 bridgehead atoms. The van der Waals surface area contributed by atoms with Crippen LogP contribution in [0.1, 0.15) is 37.8 Å². The minimum atomic E-state index is -0.0116. The van der Waals surface area contributed by atoms with Gasteiger partial charge in [0.25, 0.3) is 0 Å². The lowest BCUT2D eigenvalue weighted by molar-refractivity contribution is -0.126. The van der Waals surface area contributed by atoms with E-state index >= 15 is 0 Å². The van der Waals surface area contributed by atoms with Gasteiger partial charge in [-0.3, -0.25) is 4.79 Å². The van der Waals surface area contributed by atoms with Crippen molar-refractivity contribution in [1.29, 1.82) is 0 Å². The average Bonchev–Trinajstić information content (AvgIpc) is 2.44. The number of aliphatic hydroxyl groups excluding tert-OH is 1. The molecule has 19 heavy (non-hydrogen) atoms. The van der Waals surface area contributed by atoms with Gasteiger partial charge in [-0.15, -0.1) is 0 Å². The minimum absolute atomic E-state index is 0.0116. The zero-order valence-corrected chi connectivity index (χ0v) is 11.8. The standard InChI is InChI=1S/C16H23NO2/c1-3-11-17(12-4-2)16(19)10-9-14-7-5-6-8-15(14)13-18/h5-10,18H,3-4,11-13H2,1-2H3/b10-9+. The largest absolute Gasteiger partial charge is 0.392 e. The van der Waals surface area contributed by atoms with Crippen LogP contribution in [0.5, 0.6) is 0 Å². The summed E-state index contributed by atoms with van der Waals surface area (Å²) < 4.78 is 0. The van der Waals surface area contributed by atoms with E-state index in [1.807, 2.05) is 29.2 Å². The van der Waals surface area contributed by atoms with E-state index in [-0.39, 0.29) is 12.5 Å². The summed E-state index contributed by atoms with van der Waals surface area (Å²) in [5, 5.41) is 9.23. The second-order valence-corrected chi connectivity index (χ2v) is 4.52. The molecule has 0 fully saturated rings. The van der Waals surface area contributed by atoms with Gasteiger partial charge in [-0.05, 0) is 30.0 Å². The lowest BCUT2D eigenvalue weighted by Gasteiger charge is -2.19. The van der Waals surface area contributed by atoms with Gasteiger partial charge in [0.15, 0.2) is 0 Å². The first-order chi connectivity index (χ1) is 9.22. The highest BCUT2D eigenvalue weighted by atomic mass is 16.3. The maximum absolute atomic E-state index is 12.1. The van der Waals surface area contributed by atoms with E-state index in [0.717, 1.165) is 37.1 Å². The molecule has 1 rings (SSSR count). The SMILES string of the molecule is CCCN(CCC)C(=O)/C=C/c1ccccc1CO. The molecule has 1 amide bonds. The van der Waals surface area contributed by atoms with Gasteiger partial charge in [0, 0.05) is 19.2 Å². The summed E-state index contributed by atoms with van der Waals surface area (Å²) >= 11 is 0. The molecule has 0 saturated heterocycles. The Morgan fingerprint density at radius 3 is 2.42 bits per heavy atom. The predicted octanol–water partition coefficient (Wildman–Crippen LogP) is 2.84. The Morgan fingerprint density at radius 2 is 1.84 bits per heavy atom. The number of hydrogen-bond acceptors (Lipinski definition) is 2. The number of carbonyl (C=O) groups is 1. The monoisotopic (exact) mass is 261 g/mol. The number of carbonyl (C=O) groups excluding carboxylic acids is 1. The smallest absolute Gasteiger partial charge is 0.246 e. The van der Waals surface area contributed by atoms with Crippen LogP contribution in [0.4, 0.5) is 0 Å². The molecule has 1 aromatic carbocycles. The molecule has 0 radical (unpaired) electrons. The van der Waals surface area contributed by atoms with Crippen molar-refractivity contribution >= 4 is 12.0 Å². The molecular formula is C16H23NO2. The van der Waals surface area contributed by atoms with Gasteiger partial charge in [-0.25, -0.2) is 0 Å². The highest BCUT2D eigenvalue weighted by Crippen LogP contribution is 2.11. The van der Waals surface area contributed by atoms with E-state index < -0.39 is 0 Å². The van der Waals surface area contributed by atoms with Gasteiger partial charge in [-0.1, -0.05) is 38.1 Å². The lowest BCUT2D eigenvalue weighted by Crippen LogP contribution is -2.30. The van der Waals surface area contributed by atoms with E-state index in [2.05, 4.69) is 13.8 Å². The maximum Gasteiger partial charge on any atom is 0.246 e. The van der Waals surface area contributed by atoms with Crippen molar-refractivity contribution in [2.24, 2.45) is 0 Å². The number of nitrogens with zero attached hydrogens (tertiary/aromatic N) is 1. The van der Waals surface area contributed by atoms with Crippen LogP contribution in [0, 0.1) is 0 Å². The molecule has 0 spiro atoms. The summed E-state index contributed by atoms with van der Waals surface area (Å²) in [5.74, 6) is 0.0384. The van der Waals surface area contributed by atoms with E-state index in [4.69, 9.17) is 0 Å². The van der Waals surface area contributed by atoms with Gasteiger partial charge < -0.3 is 10.0 Å². The summed E-state index contributed by atoms with van der Waals surface area (Å²) in [4.78, 5) is 13.9. The second kappa shape index (κ2) is 8.48. The highest BCUT2D eigenvalue weighted by molar-refractivity contribution is 5.92. The molecule has 0 aliphatic carbocycles. The fraction of sp³-hybridized carbons (Fsp3) is 0.438. The van der Waals surface area contributed by atoms with Crippen molar-refractivity contribution in [2.45, 2.75) is 33.3 Å². The fourth-order valence-corrected chi connectivity index (χ4v) is 1.98. The molecule has 104 valence electrons. The van der Waals surface area contributed by atoms with E-state index in [1.54, 1.807) is 12.2 Å². The number of amides is 1. The Balaban J connectivity index is 2.76. The molecule has 0 aliphatic heterocycles.